The van der Waals surface area contributed by atoms with E-state index in [0.29, 0.717) is 0 Å². The van der Waals surface area contributed by atoms with E-state index in [-0.39, 0.29) is 34.0 Å². The number of hydrogen-bond donors (Lipinski definition) is 0. The van der Waals surface area contributed by atoms with Crippen LogP contribution in [-0.2, 0) is 0 Å². The molecule has 0 aliphatic carbocycles. The second-order valence-corrected chi connectivity index (χ2v) is 2.52. The summed E-state index contributed by atoms with van der Waals surface area (Å²) in [5.74, 6) is 0. The Morgan fingerprint density at radius 3 is 1.57 bits per heavy atom. The molecular formula is C4H11AlBr2. The zero-order chi connectivity index (χ0) is 4.28. The highest BCUT2D eigenvalue weighted by molar-refractivity contribution is 8.93. The van der Waals surface area contributed by atoms with Crippen LogP contribution in [0.1, 0.15) is 20.3 Å². The molecule has 0 bridgehead atoms. The molecule has 0 N–H and O–H groups in total. The van der Waals surface area contributed by atoms with Crippen LogP contribution in [0, 0.1) is 0 Å². The molecular weight excluding hydrogens is 235 g/mol. The highest BCUT2D eigenvalue weighted by atomic mass is 79.9. The van der Waals surface area contributed by atoms with Crippen LogP contribution >= 0.6 is 34.0 Å². The SMILES string of the molecule is Br.Br.CC[CH](C)[Al]. The van der Waals surface area contributed by atoms with Gasteiger partial charge in [0.05, 0.1) is 0 Å². The fourth-order valence-electron chi connectivity index (χ4n) is 0. The van der Waals surface area contributed by atoms with Crippen molar-refractivity contribution in [3.8, 4) is 0 Å². The molecule has 0 aliphatic heterocycles. The first-order valence-corrected chi connectivity index (χ1v) is 2.69. The first-order chi connectivity index (χ1) is 2.27. The van der Waals surface area contributed by atoms with Gasteiger partial charge in [0.1, 0.15) is 16.3 Å². The lowest BCUT2D eigenvalue weighted by Gasteiger charge is -1.91. The molecule has 0 spiro atoms. The van der Waals surface area contributed by atoms with E-state index < -0.39 is 0 Å². The summed E-state index contributed by atoms with van der Waals surface area (Å²) in [7, 11) is 0. The molecule has 0 amide bonds. The molecule has 0 aromatic carbocycles. The number of hydrogen-bond acceptors (Lipinski definition) is 0. The van der Waals surface area contributed by atoms with Gasteiger partial charge in [-0.1, -0.05) is 20.3 Å². The van der Waals surface area contributed by atoms with E-state index >= 15 is 0 Å². The molecule has 0 aliphatic rings. The quantitative estimate of drug-likeness (QED) is 0.623. The van der Waals surface area contributed by atoms with Crippen LogP contribution in [0.15, 0.2) is 0 Å². The van der Waals surface area contributed by atoms with Crippen molar-refractivity contribution >= 4 is 50.3 Å². The van der Waals surface area contributed by atoms with E-state index in [2.05, 4.69) is 30.1 Å². The number of rotatable bonds is 1. The molecule has 0 aromatic heterocycles. The predicted molar refractivity (Wildman–Crippen MR) is 46.1 cm³/mol. The Bertz CT molecular complexity index is 23.7. The Hall–Kier alpha value is 1.49. The van der Waals surface area contributed by atoms with Crippen LogP contribution in [0.25, 0.3) is 0 Å². The van der Waals surface area contributed by atoms with Crippen LogP contribution in [0.3, 0.4) is 0 Å². The second-order valence-electron chi connectivity index (χ2n) is 1.39. The van der Waals surface area contributed by atoms with E-state index in [1.54, 1.807) is 0 Å². The largest absolute Gasteiger partial charge is 0.123 e. The van der Waals surface area contributed by atoms with Crippen molar-refractivity contribution in [3.63, 3.8) is 0 Å². The third kappa shape index (κ3) is 18.5. The van der Waals surface area contributed by atoms with Gasteiger partial charge in [-0.3, -0.25) is 0 Å². The zero-order valence-corrected chi connectivity index (χ0v) is 9.26. The second kappa shape index (κ2) is 10.5. The van der Waals surface area contributed by atoms with Crippen molar-refractivity contribution in [2.75, 3.05) is 0 Å². The van der Waals surface area contributed by atoms with Crippen LogP contribution in [0.2, 0.25) is 4.78 Å². The van der Waals surface area contributed by atoms with Crippen molar-refractivity contribution in [1.82, 2.24) is 0 Å². The molecule has 0 rings (SSSR count). The topological polar surface area (TPSA) is 0 Å². The van der Waals surface area contributed by atoms with E-state index in [1.807, 2.05) is 0 Å². The fourth-order valence-corrected chi connectivity index (χ4v) is 0. The predicted octanol–water partition coefficient (Wildman–Crippen LogP) is 2.53. The minimum absolute atomic E-state index is 0. The Morgan fingerprint density at radius 1 is 1.43 bits per heavy atom. The van der Waals surface area contributed by atoms with Crippen molar-refractivity contribution in [2.24, 2.45) is 0 Å². The Kier molecular flexibility index (Phi) is 23.6. The maximum absolute atomic E-state index is 2.73. The summed E-state index contributed by atoms with van der Waals surface area (Å²) < 4.78 is 0.801. The van der Waals surface area contributed by atoms with Gasteiger partial charge in [-0.15, -0.1) is 38.7 Å². The monoisotopic (exact) mass is 244 g/mol. The standard InChI is InChI=1S/C4H9.Al.2BrH/c1-3-4-2;;;/h3H,4H2,1-2H3;;2*1H. The maximum Gasteiger partial charge on any atom is 0.123 e. The molecule has 3 heteroatoms. The minimum atomic E-state index is 0. The van der Waals surface area contributed by atoms with Crippen LogP contribution in [0.4, 0.5) is 0 Å². The van der Waals surface area contributed by atoms with Gasteiger partial charge in [0, 0.05) is 0 Å². The molecule has 0 saturated carbocycles. The zero-order valence-electron chi connectivity index (χ0n) is 4.68. The van der Waals surface area contributed by atoms with Crippen LogP contribution in [-0.4, -0.2) is 16.3 Å². The molecule has 0 heterocycles. The van der Waals surface area contributed by atoms with Gasteiger partial charge in [0.2, 0.25) is 0 Å². The first-order valence-electron chi connectivity index (χ1n) is 2.03. The third-order valence-corrected chi connectivity index (χ3v) is 1.12. The highest BCUT2D eigenvalue weighted by Crippen LogP contribution is 1.97. The van der Waals surface area contributed by atoms with Gasteiger partial charge < -0.3 is 0 Å². The van der Waals surface area contributed by atoms with Crippen molar-refractivity contribution < 1.29 is 0 Å². The van der Waals surface area contributed by atoms with Gasteiger partial charge >= 0.3 is 0 Å². The number of halogens is 2. The summed E-state index contributed by atoms with van der Waals surface area (Å²) in [4.78, 5) is 0. The van der Waals surface area contributed by atoms with Gasteiger partial charge in [0.25, 0.3) is 0 Å². The van der Waals surface area contributed by atoms with Crippen molar-refractivity contribution in [2.45, 2.75) is 25.0 Å². The van der Waals surface area contributed by atoms with Crippen LogP contribution < -0.4 is 0 Å². The third-order valence-electron chi connectivity index (χ3n) is 0.644. The Labute approximate surface area is 75.0 Å². The minimum Gasteiger partial charge on any atom is -0.114 e. The van der Waals surface area contributed by atoms with Gasteiger partial charge in [-0.25, -0.2) is 0 Å². The molecule has 2 radical (unpaired) electrons. The van der Waals surface area contributed by atoms with E-state index in [1.165, 1.54) is 6.42 Å². The maximum atomic E-state index is 2.73. The van der Waals surface area contributed by atoms with E-state index in [9.17, 15) is 0 Å². The molecule has 0 nitrogen and oxygen atoms in total. The molecule has 7 heavy (non-hydrogen) atoms. The fraction of sp³-hybridized carbons (Fsp3) is 1.00. The molecule has 0 saturated heterocycles. The van der Waals surface area contributed by atoms with E-state index in [0.717, 1.165) is 4.78 Å². The Morgan fingerprint density at radius 2 is 1.57 bits per heavy atom. The summed E-state index contributed by atoms with van der Waals surface area (Å²) >= 11 is 2.73. The highest BCUT2D eigenvalue weighted by Gasteiger charge is 1.79. The lowest BCUT2D eigenvalue weighted by Crippen LogP contribution is -1.76. The molecule has 1 atom stereocenters. The molecule has 1 unspecified atom stereocenters. The van der Waals surface area contributed by atoms with Gasteiger partial charge in [-0.2, -0.15) is 0 Å². The summed E-state index contributed by atoms with van der Waals surface area (Å²) in [5.41, 5.74) is 0. The smallest absolute Gasteiger partial charge is 0.114 e. The summed E-state index contributed by atoms with van der Waals surface area (Å²) in [6, 6.07) is 0. The average Bonchev–Trinajstić information content (AvgIpc) is 1.38. The molecule has 44 valence electrons. The molecule has 0 aromatic rings. The van der Waals surface area contributed by atoms with Crippen molar-refractivity contribution in [3.05, 3.63) is 0 Å². The van der Waals surface area contributed by atoms with E-state index in [4.69, 9.17) is 0 Å². The summed E-state index contributed by atoms with van der Waals surface area (Å²) in [5, 5.41) is 0. The first kappa shape index (κ1) is 15.8. The summed E-state index contributed by atoms with van der Waals surface area (Å²) in [6.45, 7) is 4.36. The molecule has 0 fully saturated rings. The van der Waals surface area contributed by atoms with Crippen LogP contribution in [0.5, 0.6) is 0 Å². The summed E-state index contributed by atoms with van der Waals surface area (Å²) in [6.07, 6.45) is 1.27. The van der Waals surface area contributed by atoms with Crippen molar-refractivity contribution in [1.29, 1.82) is 0 Å². The lowest BCUT2D eigenvalue weighted by molar-refractivity contribution is 0.880. The normalized spacial score (nSPS) is 10.6. The van der Waals surface area contributed by atoms with Gasteiger partial charge in [-0.05, 0) is 0 Å². The Balaban J connectivity index is -0.0000000800. The van der Waals surface area contributed by atoms with Gasteiger partial charge in [0.15, 0.2) is 0 Å². The lowest BCUT2D eigenvalue weighted by atomic mass is 10.4. The average molecular weight is 246 g/mol.